The van der Waals surface area contributed by atoms with Crippen LogP contribution in [0.25, 0.3) is 0 Å². The van der Waals surface area contributed by atoms with Gasteiger partial charge in [-0.05, 0) is 33.1 Å². The van der Waals surface area contributed by atoms with E-state index in [-0.39, 0.29) is 12.1 Å². The summed E-state index contributed by atoms with van der Waals surface area (Å²) in [5, 5.41) is 9.67. The van der Waals surface area contributed by atoms with E-state index in [1.54, 1.807) is 16.9 Å². The molecule has 0 aromatic carbocycles. The summed E-state index contributed by atoms with van der Waals surface area (Å²) < 4.78 is 5.12. The van der Waals surface area contributed by atoms with E-state index in [1.807, 2.05) is 20.8 Å². The molecule has 21 heavy (non-hydrogen) atoms. The molecule has 0 bridgehead atoms. The molecule has 2 atom stereocenters. The van der Waals surface area contributed by atoms with Crippen LogP contribution < -0.4 is 0 Å². The van der Waals surface area contributed by atoms with Gasteiger partial charge in [0.15, 0.2) is 0 Å². The van der Waals surface area contributed by atoms with Gasteiger partial charge in [-0.2, -0.15) is 0 Å². The Morgan fingerprint density at radius 1 is 1.43 bits per heavy atom. The normalized spacial score (nSPS) is 23.1. The molecule has 1 N–H and O–H groups in total. The predicted molar refractivity (Wildman–Crippen MR) is 80.3 cm³/mol. The first-order valence-corrected chi connectivity index (χ1v) is 7.75. The van der Waals surface area contributed by atoms with E-state index in [9.17, 15) is 14.7 Å². The molecule has 1 fully saturated rings. The molecule has 1 aliphatic rings. The largest absolute Gasteiger partial charge is 0.479 e. The fraction of sp³-hybridized carbons (Fsp3) is 0.867. The first-order valence-electron chi connectivity index (χ1n) is 7.75. The zero-order valence-electron chi connectivity index (χ0n) is 13.6. The molecule has 2 unspecified atom stereocenters. The van der Waals surface area contributed by atoms with Gasteiger partial charge < -0.3 is 19.6 Å². The number of likely N-dealkylation sites (tertiary alicyclic amines) is 1. The fourth-order valence-corrected chi connectivity index (χ4v) is 3.28. The Balaban J connectivity index is 2.99. The number of hydrogen-bond acceptors (Lipinski definition) is 3. The van der Waals surface area contributed by atoms with Crippen LogP contribution in [0.2, 0.25) is 0 Å². The van der Waals surface area contributed by atoms with Crippen LogP contribution in [0.4, 0.5) is 4.79 Å². The number of urea groups is 1. The van der Waals surface area contributed by atoms with E-state index in [0.29, 0.717) is 32.5 Å². The highest BCUT2D eigenvalue weighted by molar-refractivity contribution is 5.87. The number of methoxy groups -OCH3 is 1. The summed E-state index contributed by atoms with van der Waals surface area (Å²) in [6.07, 6.45) is 2.53. The van der Waals surface area contributed by atoms with Crippen LogP contribution in [0.5, 0.6) is 0 Å². The van der Waals surface area contributed by atoms with Gasteiger partial charge in [-0.25, -0.2) is 9.59 Å². The highest BCUT2D eigenvalue weighted by atomic mass is 16.5. The van der Waals surface area contributed by atoms with Crippen molar-refractivity contribution >= 4 is 12.0 Å². The summed E-state index contributed by atoms with van der Waals surface area (Å²) in [5.74, 6) is -0.884. The standard InChI is InChI=1S/C15H28N2O4/c1-5-8-15(13(18)19)9-7-10-17(15)14(20)16(6-2)12(3)11-21-4/h12H,5-11H2,1-4H3,(H,18,19). The molecule has 2 amide bonds. The van der Waals surface area contributed by atoms with Crippen molar-refractivity contribution in [3.05, 3.63) is 0 Å². The van der Waals surface area contributed by atoms with Crippen LogP contribution in [0.15, 0.2) is 0 Å². The molecular weight excluding hydrogens is 272 g/mol. The van der Waals surface area contributed by atoms with E-state index in [1.165, 1.54) is 0 Å². The molecule has 0 aliphatic carbocycles. The zero-order chi connectivity index (χ0) is 16.0. The van der Waals surface area contributed by atoms with Crippen molar-refractivity contribution in [1.82, 2.24) is 9.80 Å². The van der Waals surface area contributed by atoms with Gasteiger partial charge in [0.1, 0.15) is 5.54 Å². The monoisotopic (exact) mass is 300 g/mol. The third-order valence-corrected chi connectivity index (χ3v) is 4.31. The summed E-state index contributed by atoms with van der Waals surface area (Å²) in [7, 11) is 1.60. The van der Waals surface area contributed by atoms with Gasteiger partial charge in [-0.1, -0.05) is 13.3 Å². The van der Waals surface area contributed by atoms with Gasteiger partial charge >= 0.3 is 12.0 Å². The first kappa shape index (κ1) is 17.8. The number of amides is 2. The number of rotatable bonds is 7. The minimum Gasteiger partial charge on any atom is -0.479 e. The Morgan fingerprint density at radius 3 is 2.57 bits per heavy atom. The summed E-state index contributed by atoms with van der Waals surface area (Å²) in [6.45, 7) is 7.28. The summed E-state index contributed by atoms with van der Waals surface area (Å²) in [5.41, 5.74) is -1.04. The molecule has 1 heterocycles. The fourth-order valence-electron chi connectivity index (χ4n) is 3.28. The lowest BCUT2D eigenvalue weighted by molar-refractivity contribution is -0.149. The molecule has 0 aromatic heterocycles. The SMILES string of the molecule is CCCC1(C(=O)O)CCCN1C(=O)N(CC)C(C)COC. The average molecular weight is 300 g/mol. The van der Waals surface area contributed by atoms with E-state index in [2.05, 4.69) is 0 Å². The Bertz CT molecular complexity index is 375. The van der Waals surface area contributed by atoms with Crippen LogP contribution >= 0.6 is 0 Å². The number of carboxylic acid groups (broad SMARTS) is 1. The molecule has 0 aromatic rings. The number of nitrogens with zero attached hydrogens (tertiary/aromatic N) is 2. The molecule has 0 saturated carbocycles. The quantitative estimate of drug-likeness (QED) is 0.782. The maximum atomic E-state index is 12.8. The van der Waals surface area contributed by atoms with Gasteiger partial charge in [0.05, 0.1) is 12.6 Å². The lowest BCUT2D eigenvalue weighted by Gasteiger charge is -2.39. The van der Waals surface area contributed by atoms with Crippen molar-refractivity contribution in [1.29, 1.82) is 0 Å². The second-order valence-corrected chi connectivity index (χ2v) is 5.71. The Hall–Kier alpha value is -1.30. The van der Waals surface area contributed by atoms with Gasteiger partial charge in [-0.15, -0.1) is 0 Å². The van der Waals surface area contributed by atoms with E-state index in [4.69, 9.17) is 4.74 Å². The van der Waals surface area contributed by atoms with Crippen LogP contribution in [0.3, 0.4) is 0 Å². The third kappa shape index (κ3) is 3.48. The first-order chi connectivity index (χ1) is 9.94. The van der Waals surface area contributed by atoms with Crippen LogP contribution in [-0.4, -0.2) is 65.3 Å². The van der Waals surface area contributed by atoms with Crippen molar-refractivity contribution in [2.75, 3.05) is 26.8 Å². The Kier molecular flexibility index (Phi) is 6.45. The summed E-state index contributed by atoms with van der Waals surface area (Å²) in [4.78, 5) is 27.9. The lowest BCUT2D eigenvalue weighted by Crippen LogP contribution is -2.58. The second kappa shape index (κ2) is 7.64. The van der Waals surface area contributed by atoms with Gasteiger partial charge in [0.25, 0.3) is 0 Å². The van der Waals surface area contributed by atoms with Gasteiger partial charge in [0.2, 0.25) is 0 Å². The van der Waals surface area contributed by atoms with E-state index < -0.39 is 11.5 Å². The van der Waals surface area contributed by atoms with E-state index >= 15 is 0 Å². The minimum absolute atomic E-state index is 0.0683. The minimum atomic E-state index is -1.04. The number of ether oxygens (including phenoxy) is 1. The van der Waals surface area contributed by atoms with Crippen molar-refractivity contribution in [3.8, 4) is 0 Å². The average Bonchev–Trinajstić information content (AvgIpc) is 2.85. The molecule has 6 heteroatoms. The lowest BCUT2D eigenvalue weighted by atomic mass is 9.91. The van der Waals surface area contributed by atoms with Crippen LogP contribution in [0, 0.1) is 0 Å². The molecule has 122 valence electrons. The Labute approximate surface area is 127 Å². The molecule has 1 aliphatic heterocycles. The number of aliphatic carboxylic acids is 1. The molecular formula is C15H28N2O4. The summed E-state index contributed by atoms with van der Waals surface area (Å²) >= 11 is 0. The number of likely N-dealkylation sites (N-methyl/N-ethyl adjacent to an activating group) is 1. The van der Waals surface area contributed by atoms with Gasteiger partial charge in [-0.3, -0.25) is 0 Å². The second-order valence-electron chi connectivity index (χ2n) is 5.71. The highest BCUT2D eigenvalue weighted by Gasteiger charge is 2.50. The number of carbonyl (C=O) groups excluding carboxylic acids is 1. The zero-order valence-corrected chi connectivity index (χ0v) is 13.6. The van der Waals surface area contributed by atoms with Crippen LogP contribution in [-0.2, 0) is 9.53 Å². The third-order valence-electron chi connectivity index (χ3n) is 4.31. The van der Waals surface area contributed by atoms with Crippen molar-refractivity contribution in [2.24, 2.45) is 0 Å². The smallest absolute Gasteiger partial charge is 0.329 e. The number of carbonyl (C=O) groups is 2. The van der Waals surface area contributed by atoms with E-state index in [0.717, 1.165) is 12.8 Å². The van der Waals surface area contributed by atoms with Crippen LogP contribution in [0.1, 0.15) is 46.5 Å². The molecule has 0 spiro atoms. The number of carboxylic acids is 1. The Morgan fingerprint density at radius 2 is 2.10 bits per heavy atom. The maximum Gasteiger partial charge on any atom is 0.329 e. The molecule has 6 nitrogen and oxygen atoms in total. The topological polar surface area (TPSA) is 70.1 Å². The van der Waals surface area contributed by atoms with Crippen molar-refractivity contribution in [3.63, 3.8) is 0 Å². The predicted octanol–water partition coefficient (Wildman–Crippen LogP) is 2.18. The van der Waals surface area contributed by atoms with Gasteiger partial charge in [0, 0.05) is 20.2 Å². The molecule has 1 saturated heterocycles. The highest BCUT2D eigenvalue weighted by Crippen LogP contribution is 2.35. The van der Waals surface area contributed by atoms with Crippen molar-refractivity contribution < 1.29 is 19.4 Å². The molecule has 0 radical (unpaired) electrons. The maximum absolute atomic E-state index is 12.8. The van der Waals surface area contributed by atoms with Crippen molar-refractivity contribution in [2.45, 2.75) is 58.0 Å². The summed E-state index contributed by atoms with van der Waals surface area (Å²) in [6, 6.07) is -0.253. The number of hydrogen-bond donors (Lipinski definition) is 1. The molecule has 1 rings (SSSR count).